The fourth-order valence-electron chi connectivity index (χ4n) is 5.67. The normalized spacial score (nSPS) is 17.9. The van der Waals surface area contributed by atoms with Crippen LogP contribution in [0.4, 0.5) is 27.8 Å². The molecule has 3 heterocycles. The standard InChI is InChI=1S/C33H31F5N6O3/c1-18(12-33(36,37)38)40-14-20-9-26(31(47)44(15-20)23-5-6-23)29(45)42-28-11-22(10-27(41-28)21-3-4-21)24-7-2-19(13-39)8-25(24)30(46)43-16-32(34,35)17-43/h2,7-11,15,18,21,23,40H,3-6,12,14,16-17H2,1H3,(H,41,42,45)/t18-/m0/s1. The fourth-order valence-corrected chi connectivity index (χ4v) is 5.67. The zero-order valence-electron chi connectivity index (χ0n) is 25.3. The van der Waals surface area contributed by atoms with Crippen LogP contribution in [0.5, 0.6) is 0 Å². The van der Waals surface area contributed by atoms with Gasteiger partial charge in [0.25, 0.3) is 23.3 Å². The number of anilines is 1. The molecular formula is C33H31F5N6O3. The molecule has 47 heavy (non-hydrogen) atoms. The molecule has 9 nitrogen and oxygen atoms in total. The minimum atomic E-state index is -4.35. The molecule has 14 heteroatoms. The second-order valence-corrected chi connectivity index (χ2v) is 12.6. The van der Waals surface area contributed by atoms with E-state index in [9.17, 15) is 41.6 Å². The number of benzene rings is 1. The van der Waals surface area contributed by atoms with Gasteiger partial charge in [0.1, 0.15) is 11.4 Å². The summed E-state index contributed by atoms with van der Waals surface area (Å²) in [5.74, 6) is -4.22. The Kier molecular flexibility index (Phi) is 8.38. The number of hydrogen-bond donors (Lipinski definition) is 2. The van der Waals surface area contributed by atoms with Crippen LogP contribution < -0.4 is 16.2 Å². The van der Waals surface area contributed by atoms with Crippen LogP contribution >= 0.6 is 0 Å². The molecule has 1 saturated heterocycles. The molecule has 1 aliphatic heterocycles. The molecule has 1 aromatic carbocycles. The molecule has 246 valence electrons. The number of pyridine rings is 2. The van der Waals surface area contributed by atoms with Crippen LogP contribution in [0.3, 0.4) is 0 Å². The van der Waals surface area contributed by atoms with Crippen LogP contribution in [-0.2, 0) is 6.54 Å². The second-order valence-electron chi connectivity index (χ2n) is 12.6. The Hall–Kier alpha value is -4.64. The SMILES string of the molecule is C[C@@H](CC(F)(F)F)NCc1cc(C(=O)Nc2cc(-c3ccc(C#N)cc3C(=O)N3CC(F)(F)C3)cc(C3CC3)n2)c(=O)n(C2CC2)c1. The van der Waals surface area contributed by atoms with Crippen LogP contribution in [0.15, 0.2) is 47.4 Å². The Balaban J connectivity index is 1.31. The van der Waals surface area contributed by atoms with Gasteiger partial charge in [-0.15, -0.1) is 0 Å². The van der Waals surface area contributed by atoms with Crippen LogP contribution in [0.25, 0.3) is 11.1 Å². The third-order valence-electron chi connectivity index (χ3n) is 8.38. The summed E-state index contributed by atoms with van der Waals surface area (Å²) in [7, 11) is 0. The molecule has 6 rings (SSSR count). The number of likely N-dealkylation sites (tertiary alicyclic amines) is 1. The van der Waals surface area contributed by atoms with Gasteiger partial charge in [-0.3, -0.25) is 14.4 Å². The maximum absolute atomic E-state index is 13.6. The number of halogens is 5. The number of nitrogens with one attached hydrogen (secondary N) is 2. The van der Waals surface area contributed by atoms with Gasteiger partial charge in [0.15, 0.2) is 0 Å². The quantitative estimate of drug-likeness (QED) is 0.268. The molecule has 3 aromatic rings. The summed E-state index contributed by atoms with van der Waals surface area (Å²) in [5.41, 5.74) is 1.40. The highest BCUT2D eigenvalue weighted by Gasteiger charge is 2.46. The van der Waals surface area contributed by atoms with Gasteiger partial charge in [-0.1, -0.05) is 6.07 Å². The summed E-state index contributed by atoms with van der Waals surface area (Å²) >= 11 is 0. The third-order valence-corrected chi connectivity index (χ3v) is 8.38. The molecule has 2 aromatic heterocycles. The number of nitriles is 1. The van der Waals surface area contributed by atoms with Crippen LogP contribution in [-0.4, -0.2) is 57.5 Å². The van der Waals surface area contributed by atoms with E-state index < -0.39 is 55.0 Å². The summed E-state index contributed by atoms with van der Waals surface area (Å²) < 4.78 is 67.1. The van der Waals surface area contributed by atoms with Crippen molar-refractivity contribution in [1.82, 2.24) is 19.8 Å². The molecule has 1 atom stereocenters. The second kappa shape index (κ2) is 12.2. The Morgan fingerprint density at radius 3 is 2.43 bits per heavy atom. The number of alkyl halides is 5. The lowest BCUT2D eigenvalue weighted by molar-refractivity contribution is -0.139. The van der Waals surface area contributed by atoms with E-state index in [1.807, 2.05) is 6.07 Å². The molecule has 0 unspecified atom stereocenters. The highest BCUT2D eigenvalue weighted by molar-refractivity contribution is 6.05. The van der Waals surface area contributed by atoms with Crippen molar-refractivity contribution in [3.63, 3.8) is 0 Å². The van der Waals surface area contributed by atoms with Gasteiger partial charge >= 0.3 is 6.18 Å². The van der Waals surface area contributed by atoms with Crippen molar-refractivity contribution < 1.29 is 31.5 Å². The highest BCUT2D eigenvalue weighted by atomic mass is 19.4. The van der Waals surface area contributed by atoms with E-state index in [0.717, 1.165) is 30.6 Å². The zero-order chi connectivity index (χ0) is 33.7. The number of hydrogen-bond acceptors (Lipinski definition) is 6. The summed E-state index contributed by atoms with van der Waals surface area (Å²) in [5, 5.41) is 14.9. The number of nitrogens with zero attached hydrogens (tertiary/aromatic N) is 4. The van der Waals surface area contributed by atoms with Gasteiger partial charge in [0.2, 0.25) is 0 Å². The van der Waals surface area contributed by atoms with Crippen molar-refractivity contribution in [1.29, 1.82) is 5.26 Å². The van der Waals surface area contributed by atoms with E-state index in [2.05, 4.69) is 15.6 Å². The van der Waals surface area contributed by atoms with Gasteiger partial charge in [0.05, 0.1) is 31.1 Å². The topological polar surface area (TPSA) is 120 Å². The Morgan fingerprint density at radius 2 is 1.81 bits per heavy atom. The van der Waals surface area contributed by atoms with E-state index in [1.165, 1.54) is 35.8 Å². The van der Waals surface area contributed by atoms with E-state index in [1.54, 1.807) is 18.3 Å². The number of amides is 2. The van der Waals surface area contributed by atoms with Gasteiger partial charge in [-0.25, -0.2) is 13.8 Å². The van der Waals surface area contributed by atoms with Gasteiger partial charge < -0.3 is 20.1 Å². The first-order valence-electron chi connectivity index (χ1n) is 15.3. The predicted octanol–water partition coefficient (Wildman–Crippen LogP) is 5.77. The fraction of sp³-hybridized carbons (Fsp3) is 0.424. The number of carbonyl (C=O) groups is 2. The minimum Gasteiger partial charge on any atom is -0.326 e. The first-order chi connectivity index (χ1) is 22.2. The Labute approximate surface area is 266 Å². The lowest BCUT2D eigenvalue weighted by Crippen LogP contribution is -2.58. The lowest BCUT2D eigenvalue weighted by atomic mass is 9.95. The molecule has 3 aliphatic rings. The van der Waals surface area contributed by atoms with E-state index >= 15 is 0 Å². The average Bonchev–Trinajstić information content (AvgIpc) is 3.91. The average molecular weight is 655 g/mol. The van der Waals surface area contributed by atoms with Crippen molar-refractivity contribution in [3.05, 3.63) is 80.9 Å². The molecule has 0 spiro atoms. The van der Waals surface area contributed by atoms with Crippen molar-refractivity contribution in [2.24, 2.45) is 0 Å². The molecule has 2 amide bonds. The van der Waals surface area contributed by atoms with Crippen molar-refractivity contribution >= 4 is 17.6 Å². The van der Waals surface area contributed by atoms with E-state index in [0.29, 0.717) is 22.4 Å². The van der Waals surface area contributed by atoms with Crippen LogP contribution in [0.1, 0.15) is 88.5 Å². The molecule has 3 fully saturated rings. The minimum absolute atomic E-state index is 0.00252. The molecule has 2 aliphatic carbocycles. The smallest absolute Gasteiger partial charge is 0.326 e. The largest absolute Gasteiger partial charge is 0.390 e. The molecular weight excluding hydrogens is 623 g/mol. The molecule has 0 radical (unpaired) electrons. The highest BCUT2D eigenvalue weighted by Crippen LogP contribution is 2.42. The number of rotatable bonds is 10. The van der Waals surface area contributed by atoms with Crippen LogP contribution in [0, 0.1) is 11.3 Å². The third kappa shape index (κ3) is 7.51. The number of carbonyl (C=O) groups excluding carboxylic acids is 2. The Bertz CT molecular complexity index is 1830. The van der Waals surface area contributed by atoms with E-state index in [-0.39, 0.29) is 41.0 Å². The first kappa shape index (κ1) is 32.3. The molecule has 2 N–H and O–H groups in total. The summed E-state index contributed by atoms with van der Waals surface area (Å²) in [6.07, 6.45) is -0.661. The lowest BCUT2D eigenvalue weighted by Gasteiger charge is -2.39. The van der Waals surface area contributed by atoms with Gasteiger partial charge in [-0.2, -0.15) is 18.4 Å². The van der Waals surface area contributed by atoms with Crippen molar-refractivity contribution in [2.75, 3.05) is 18.4 Å². The van der Waals surface area contributed by atoms with Gasteiger partial charge in [0, 0.05) is 42.0 Å². The van der Waals surface area contributed by atoms with Crippen molar-refractivity contribution in [2.45, 2.75) is 75.7 Å². The van der Waals surface area contributed by atoms with Crippen LogP contribution in [0.2, 0.25) is 0 Å². The first-order valence-corrected chi connectivity index (χ1v) is 15.3. The Morgan fingerprint density at radius 1 is 1.09 bits per heavy atom. The maximum Gasteiger partial charge on any atom is 0.390 e. The summed E-state index contributed by atoms with van der Waals surface area (Å²) in [4.78, 5) is 45.8. The van der Waals surface area contributed by atoms with E-state index in [4.69, 9.17) is 0 Å². The number of aromatic nitrogens is 2. The summed E-state index contributed by atoms with van der Waals surface area (Å²) in [6, 6.07) is 9.98. The summed E-state index contributed by atoms with van der Waals surface area (Å²) in [6.45, 7) is -0.0646. The monoisotopic (exact) mass is 654 g/mol. The molecule has 0 bridgehead atoms. The molecule has 2 saturated carbocycles. The maximum atomic E-state index is 13.6. The predicted molar refractivity (Wildman–Crippen MR) is 161 cm³/mol. The van der Waals surface area contributed by atoms with Gasteiger partial charge in [-0.05, 0) is 79.6 Å². The zero-order valence-corrected chi connectivity index (χ0v) is 25.3. The van der Waals surface area contributed by atoms with Crippen molar-refractivity contribution in [3.8, 4) is 17.2 Å².